The van der Waals surface area contributed by atoms with Gasteiger partial charge in [-0.25, -0.2) is 9.59 Å². The van der Waals surface area contributed by atoms with Gasteiger partial charge in [0.1, 0.15) is 6.10 Å². The van der Waals surface area contributed by atoms with Gasteiger partial charge < -0.3 is 20.3 Å². The average molecular weight is 342 g/mol. The minimum absolute atomic E-state index is 0.0205. The molecule has 1 amide bonds. The first-order valence-corrected chi connectivity index (χ1v) is 7.33. The van der Waals surface area contributed by atoms with E-state index >= 15 is 0 Å². The Morgan fingerprint density at radius 2 is 2.09 bits per heavy atom. The topological polar surface area (TPSA) is 113 Å². The number of halogens is 1. The van der Waals surface area contributed by atoms with Crippen LogP contribution in [0.2, 0.25) is 5.02 Å². The van der Waals surface area contributed by atoms with Crippen LogP contribution in [0.3, 0.4) is 0 Å². The molecule has 0 fully saturated rings. The van der Waals surface area contributed by atoms with Gasteiger partial charge in [0, 0.05) is 17.0 Å². The van der Waals surface area contributed by atoms with E-state index in [2.05, 4.69) is 5.32 Å². The zero-order chi connectivity index (χ0) is 17.3. The predicted octanol–water partition coefficient (Wildman–Crippen LogP) is 1.01. The molecule has 0 saturated carbocycles. The van der Waals surface area contributed by atoms with Crippen LogP contribution in [0.25, 0.3) is 0 Å². The molecule has 0 radical (unpaired) electrons. The number of carboxylic acid groups (broad SMARTS) is 1. The molecule has 7 nitrogen and oxygen atoms in total. The molecule has 1 aliphatic heterocycles. The highest BCUT2D eigenvalue weighted by Crippen LogP contribution is 2.29. The van der Waals surface area contributed by atoms with E-state index in [1.54, 1.807) is 6.92 Å². The second-order valence-electron chi connectivity index (χ2n) is 5.43. The van der Waals surface area contributed by atoms with Crippen molar-refractivity contribution < 1.29 is 29.3 Å². The van der Waals surface area contributed by atoms with E-state index in [4.69, 9.17) is 21.4 Å². The molecular weight excluding hydrogens is 326 g/mol. The van der Waals surface area contributed by atoms with Crippen LogP contribution in [0.1, 0.15) is 40.1 Å². The lowest BCUT2D eigenvalue weighted by atomic mass is 9.96. The van der Waals surface area contributed by atoms with E-state index in [1.165, 1.54) is 19.1 Å². The van der Waals surface area contributed by atoms with Crippen LogP contribution < -0.4 is 5.32 Å². The first kappa shape index (κ1) is 17.2. The Morgan fingerprint density at radius 3 is 2.65 bits per heavy atom. The Kier molecular flexibility index (Phi) is 4.91. The number of fused-ring (bicyclic) bond motifs is 1. The lowest BCUT2D eigenvalue weighted by Gasteiger charge is -2.23. The Labute approximate surface area is 137 Å². The maximum absolute atomic E-state index is 12.2. The summed E-state index contributed by atoms with van der Waals surface area (Å²) in [4.78, 5) is 35.1. The molecule has 1 aromatic carbocycles. The summed E-state index contributed by atoms with van der Waals surface area (Å²) in [5.41, 5.74) is 0.800. The number of esters is 1. The molecular formula is C15H16ClNO6. The van der Waals surface area contributed by atoms with Crippen molar-refractivity contribution in [1.29, 1.82) is 0 Å². The zero-order valence-electron chi connectivity index (χ0n) is 12.5. The standard InChI is InChI=1S/C15H16ClNO6/c1-6-3-9-10(15(22)23-6)4-8(5-11(9)16)13(19)17-12(7(2)18)14(20)21/h4-7,12,18H,3H2,1-2H3,(H,17,19)(H,20,21)/t6?,7?,12-/m0/s1. The number of carbonyl (C=O) groups excluding carboxylic acids is 2. The molecule has 0 saturated heterocycles. The SMILES string of the molecule is CC1Cc2c(Cl)cc(C(=O)N[C@H](C(=O)O)C(C)O)cc2C(=O)O1. The maximum atomic E-state index is 12.2. The smallest absolute Gasteiger partial charge is 0.338 e. The summed E-state index contributed by atoms with van der Waals surface area (Å²) in [6.07, 6.45) is -1.15. The highest BCUT2D eigenvalue weighted by Gasteiger charge is 2.29. The summed E-state index contributed by atoms with van der Waals surface area (Å²) < 4.78 is 5.10. The second-order valence-corrected chi connectivity index (χ2v) is 5.84. The van der Waals surface area contributed by atoms with Gasteiger partial charge in [0.05, 0.1) is 11.7 Å². The number of cyclic esters (lactones) is 1. The van der Waals surface area contributed by atoms with Crippen LogP contribution in [0.4, 0.5) is 0 Å². The van der Waals surface area contributed by atoms with Crippen molar-refractivity contribution in [3.05, 3.63) is 33.8 Å². The summed E-state index contributed by atoms with van der Waals surface area (Å²) in [7, 11) is 0. The number of carbonyl (C=O) groups is 3. The average Bonchev–Trinajstić information content (AvgIpc) is 2.44. The molecule has 1 heterocycles. The van der Waals surface area contributed by atoms with Crippen molar-refractivity contribution >= 4 is 29.4 Å². The second kappa shape index (κ2) is 6.55. The third kappa shape index (κ3) is 3.62. The van der Waals surface area contributed by atoms with Crippen molar-refractivity contribution in [2.24, 2.45) is 0 Å². The summed E-state index contributed by atoms with van der Waals surface area (Å²) >= 11 is 6.13. The Hall–Kier alpha value is -2.12. The Morgan fingerprint density at radius 1 is 1.43 bits per heavy atom. The Balaban J connectivity index is 2.32. The number of hydrogen-bond donors (Lipinski definition) is 3. The van der Waals surface area contributed by atoms with Crippen molar-refractivity contribution in [1.82, 2.24) is 5.32 Å². The molecule has 0 aromatic heterocycles. The van der Waals surface area contributed by atoms with Gasteiger partial charge >= 0.3 is 11.9 Å². The normalized spacial score (nSPS) is 19.3. The molecule has 3 N–H and O–H groups in total. The van der Waals surface area contributed by atoms with E-state index in [0.29, 0.717) is 12.0 Å². The highest BCUT2D eigenvalue weighted by molar-refractivity contribution is 6.32. The van der Waals surface area contributed by atoms with E-state index in [9.17, 15) is 19.5 Å². The highest BCUT2D eigenvalue weighted by atomic mass is 35.5. The number of aliphatic hydroxyl groups is 1. The van der Waals surface area contributed by atoms with Crippen LogP contribution in [-0.2, 0) is 16.0 Å². The molecule has 0 bridgehead atoms. The summed E-state index contributed by atoms with van der Waals surface area (Å²) in [6, 6.07) is 1.21. The van der Waals surface area contributed by atoms with Crippen molar-refractivity contribution in [2.75, 3.05) is 0 Å². The van der Waals surface area contributed by atoms with Gasteiger partial charge in [0.25, 0.3) is 5.91 Å². The number of aliphatic hydroxyl groups excluding tert-OH is 1. The van der Waals surface area contributed by atoms with E-state index in [1.807, 2.05) is 0 Å². The molecule has 0 spiro atoms. The molecule has 124 valence electrons. The maximum Gasteiger partial charge on any atom is 0.338 e. The van der Waals surface area contributed by atoms with Crippen LogP contribution >= 0.6 is 11.6 Å². The van der Waals surface area contributed by atoms with Crippen LogP contribution in [-0.4, -0.2) is 46.3 Å². The van der Waals surface area contributed by atoms with Crippen molar-refractivity contribution in [2.45, 2.75) is 38.5 Å². The first-order valence-electron chi connectivity index (χ1n) is 6.95. The largest absolute Gasteiger partial charge is 0.480 e. The van der Waals surface area contributed by atoms with Gasteiger partial charge in [-0.3, -0.25) is 4.79 Å². The number of nitrogens with one attached hydrogen (secondary N) is 1. The molecule has 23 heavy (non-hydrogen) atoms. The third-order valence-corrected chi connectivity index (χ3v) is 3.85. The van der Waals surface area contributed by atoms with E-state index in [0.717, 1.165) is 0 Å². The molecule has 3 atom stereocenters. The minimum Gasteiger partial charge on any atom is -0.480 e. The van der Waals surface area contributed by atoms with Gasteiger partial charge in [-0.2, -0.15) is 0 Å². The third-order valence-electron chi connectivity index (χ3n) is 3.51. The van der Waals surface area contributed by atoms with E-state index < -0.39 is 30.0 Å². The molecule has 2 rings (SSSR count). The fraction of sp³-hybridized carbons (Fsp3) is 0.400. The molecule has 1 aromatic rings. The number of benzene rings is 1. The summed E-state index contributed by atoms with van der Waals surface area (Å²) in [6.45, 7) is 2.98. The van der Waals surface area contributed by atoms with Crippen LogP contribution in [0.5, 0.6) is 0 Å². The number of carboxylic acids is 1. The van der Waals surface area contributed by atoms with Gasteiger partial charge in [-0.05, 0) is 31.5 Å². The van der Waals surface area contributed by atoms with Crippen LogP contribution in [0, 0.1) is 0 Å². The van der Waals surface area contributed by atoms with Gasteiger partial charge in [-0.1, -0.05) is 11.6 Å². The summed E-state index contributed by atoms with van der Waals surface area (Å²) in [5.74, 6) is -2.71. The first-order chi connectivity index (χ1) is 10.7. The van der Waals surface area contributed by atoms with Gasteiger partial charge in [0.15, 0.2) is 6.04 Å². The van der Waals surface area contributed by atoms with Crippen LogP contribution in [0.15, 0.2) is 12.1 Å². The lowest BCUT2D eigenvalue weighted by molar-refractivity contribution is -0.141. The van der Waals surface area contributed by atoms with Crippen molar-refractivity contribution in [3.8, 4) is 0 Å². The molecule has 1 aliphatic rings. The number of rotatable bonds is 4. The van der Waals surface area contributed by atoms with Crippen molar-refractivity contribution in [3.63, 3.8) is 0 Å². The zero-order valence-corrected chi connectivity index (χ0v) is 13.3. The quantitative estimate of drug-likeness (QED) is 0.704. The number of aliphatic carboxylic acids is 1. The Bertz CT molecular complexity index is 672. The summed E-state index contributed by atoms with van der Waals surface area (Å²) in [5, 5.41) is 20.8. The molecule has 8 heteroatoms. The number of ether oxygens (including phenoxy) is 1. The number of amides is 1. The monoisotopic (exact) mass is 341 g/mol. The lowest BCUT2D eigenvalue weighted by Crippen LogP contribution is -2.47. The molecule has 0 aliphatic carbocycles. The number of hydrogen-bond acceptors (Lipinski definition) is 5. The molecule has 2 unspecified atom stereocenters. The fourth-order valence-corrected chi connectivity index (χ4v) is 2.64. The fourth-order valence-electron chi connectivity index (χ4n) is 2.35. The predicted molar refractivity (Wildman–Crippen MR) is 80.6 cm³/mol. The van der Waals surface area contributed by atoms with Gasteiger partial charge in [0.2, 0.25) is 0 Å². The van der Waals surface area contributed by atoms with Gasteiger partial charge in [-0.15, -0.1) is 0 Å². The minimum atomic E-state index is -1.47. The van der Waals surface area contributed by atoms with E-state index in [-0.39, 0.29) is 22.3 Å².